The lowest BCUT2D eigenvalue weighted by Crippen LogP contribution is -2.04. The Labute approximate surface area is 109 Å². The van der Waals surface area contributed by atoms with E-state index in [1.165, 1.54) is 16.8 Å². The van der Waals surface area contributed by atoms with Gasteiger partial charge in [-0.3, -0.25) is 4.68 Å². The molecule has 1 atom stereocenters. The van der Waals surface area contributed by atoms with Crippen molar-refractivity contribution in [1.29, 1.82) is 0 Å². The fraction of sp³-hybridized carbons (Fsp3) is 0.400. The van der Waals surface area contributed by atoms with Crippen molar-refractivity contribution in [3.63, 3.8) is 0 Å². The Morgan fingerprint density at radius 2 is 2.06 bits per heavy atom. The number of hydrogen-bond acceptors (Lipinski definition) is 2. The smallest absolute Gasteiger partial charge is 0.0674 e. The molecule has 0 aliphatic rings. The molecule has 1 aromatic heterocycles. The van der Waals surface area contributed by atoms with E-state index in [-0.39, 0.29) is 6.04 Å². The molecule has 0 aliphatic heterocycles. The van der Waals surface area contributed by atoms with E-state index in [4.69, 9.17) is 5.73 Å². The molecule has 18 heavy (non-hydrogen) atoms. The van der Waals surface area contributed by atoms with Gasteiger partial charge in [0.25, 0.3) is 0 Å². The van der Waals surface area contributed by atoms with Gasteiger partial charge in [-0.05, 0) is 44.9 Å². The van der Waals surface area contributed by atoms with Crippen molar-refractivity contribution in [2.45, 2.75) is 40.3 Å². The lowest BCUT2D eigenvalue weighted by atomic mass is 9.99. The van der Waals surface area contributed by atoms with Crippen LogP contribution in [0.3, 0.4) is 0 Å². The van der Waals surface area contributed by atoms with E-state index >= 15 is 0 Å². The van der Waals surface area contributed by atoms with Crippen molar-refractivity contribution in [2.24, 2.45) is 5.73 Å². The molecule has 2 aromatic rings. The molecule has 0 bridgehead atoms. The zero-order chi connectivity index (χ0) is 13.3. The zero-order valence-electron chi connectivity index (χ0n) is 11.6. The molecule has 96 valence electrons. The summed E-state index contributed by atoms with van der Waals surface area (Å²) in [6.45, 7) is 9.21. The van der Waals surface area contributed by atoms with Gasteiger partial charge in [-0.15, -0.1) is 0 Å². The number of benzene rings is 1. The topological polar surface area (TPSA) is 43.8 Å². The molecule has 3 heteroatoms. The first-order valence-electron chi connectivity index (χ1n) is 6.44. The average molecular weight is 243 g/mol. The maximum Gasteiger partial charge on any atom is 0.0674 e. The van der Waals surface area contributed by atoms with Crippen molar-refractivity contribution < 1.29 is 0 Å². The molecule has 0 saturated heterocycles. The summed E-state index contributed by atoms with van der Waals surface area (Å²) in [5.74, 6) is 0. The van der Waals surface area contributed by atoms with Gasteiger partial charge < -0.3 is 5.73 Å². The average Bonchev–Trinajstić information content (AvgIpc) is 2.64. The third kappa shape index (κ3) is 2.18. The molecule has 1 aromatic carbocycles. The summed E-state index contributed by atoms with van der Waals surface area (Å²) in [5, 5.41) is 4.56. The number of rotatable bonds is 3. The van der Waals surface area contributed by atoms with Gasteiger partial charge in [0.05, 0.1) is 5.69 Å². The number of hydrogen-bond donors (Lipinski definition) is 1. The standard InChI is InChI=1S/C15H21N3/c1-5-18-12(4)15(11(3)17-18)14-8-6-7-13(9-14)10(2)16/h6-10H,5,16H2,1-4H3. The monoisotopic (exact) mass is 243 g/mol. The number of nitrogens with two attached hydrogens (primary N) is 1. The van der Waals surface area contributed by atoms with Crippen LogP contribution in [0.4, 0.5) is 0 Å². The predicted molar refractivity (Wildman–Crippen MR) is 75.4 cm³/mol. The molecule has 3 nitrogen and oxygen atoms in total. The molecule has 1 unspecified atom stereocenters. The van der Waals surface area contributed by atoms with Crippen LogP contribution in [0.15, 0.2) is 24.3 Å². The Bertz CT molecular complexity index is 553. The minimum Gasteiger partial charge on any atom is -0.324 e. The third-order valence-corrected chi connectivity index (χ3v) is 3.38. The molecule has 0 spiro atoms. The molecule has 0 saturated carbocycles. The van der Waals surface area contributed by atoms with Crippen LogP contribution in [0.1, 0.15) is 36.8 Å². The molecular formula is C15H21N3. The normalized spacial score (nSPS) is 12.7. The summed E-state index contributed by atoms with van der Waals surface area (Å²) < 4.78 is 2.04. The Kier molecular flexibility index (Phi) is 3.53. The Morgan fingerprint density at radius 3 is 2.61 bits per heavy atom. The highest BCUT2D eigenvalue weighted by atomic mass is 15.3. The summed E-state index contributed by atoms with van der Waals surface area (Å²) in [4.78, 5) is 0. The van der Waals surface area contributed by atoms with E-state index in [9.17, 15) is 0 Å². The van der Waals surface area contributed by atoms with Gasteiger partial charge in [0, 0.05) is 23.8 Å². The van der Waals surface area contributed by atoms with Crippen molar-refractivity contribution >= 4 is 0 Å². The SMILES string of the molecule is CCn1nc(C)c(-c2cccc(C(C)N)c2)c1C. The summed E-state index contributed by atoms with van der Waals surface area (Å²) in [6.07, 6.45) is 0. The van der Waals surface area contributed by atoms with Crippen molar-refractivity contribution in [1.82, 2.24) is 9.78 Å². The first-order valence-corrected chi connectivity index (χ1v) is 6.44. The first kappa shape index (κ1) is 12.8. The zero-order valence-corrected chi connectivity index (χ0v) is 11.6. The van der Waals surface area contributed by atoms with Crippen LogP contribution in [0.25, 0.3) is 11.1 Å². The molecule has 0 amide bonds. The maximum absolute atomic E-state index is 5.95. The van der Waals surface area contributed by atoms with Crippen LogP contribution in [0.5, 0.6) is 0 Å². The highest BCUT2D eigenvalue weighted by molar-refractivity contribution is 5.69. The van der Waals surface area contributed by atoms with Crippen LogP contribution < -0.4 is 5.73 Å². The van der Waals surface area contributed by atoms with Gasteiger partial charge >= 0.3 is 0 Å². The van der Waals surface area contributed by atoms with Gasteiger partial charge in [0.15, 0.2) is 0 Å². The Morgan fingerprint density at radius 1 is 1.33 bits per heavy atom. The minimum absolute atomic E-state index is 0.0618. The van der Waals surface area contributed by atoms with E-state index in [1.807, 2.05) is 11.6 Å². The second-order valence-corrected chi connectivity index (χ2v) is 4.78. The van der Waals surface area contributed by atoms with Gasteiger partial charge in [0.1, 0.15) is 0 Å². The summed E-state index contributed by atoms with van der Waals surface area (Å²) >= 11 is 0. The number of nitrogens with zero attached hydrogens (tertiary/aromatic N) is 2. The molecule has 1 heterocycles. The number of aromatic nitrogens is 2. The van der Waals surface area contributed by atoms with Gasteiger partial charge in [-0.25, -0.2) is 0 Å². The van der Waals surface area contributed by atoms with E-state index in [0.29, 0.717) is 0 Å². The van der Waals surface area contributed by atoms with Gasteiger partial charge in [0.2, 0.25) is 0 Å². The first-order chi connectivity index (χ1) is 8.54. The molecule has 0 aliphatic carbocycles. The summed E-state index contributed by atoms with van der Waals surface area (Å²) in [5.41, 5.74) is 11.9. The molecule has 0 fully saturated rings. The molecular weight excluding hydrogens is 222 g/mol. The van der Waals surface area contributed by atoms with E-state index in [0.717, 1.165) is 17.8 Å². The highest BCUT2D eigenvalue weighted by Crippen LogP contribution is 2.28. The van der Waals surface area contributed by atoms with Gasteiger partial charge in [-0.2, -0.15) is 5.10 Å². The second-order valence-electron chi connectivity index (χ2n) is 4.78. The number of aryl methyl sites for hydroxylation is 2. The summed E-state index contributed by atoms with van der Waals surface area (Å²) in [7, 11) is 0. The minimum atomic E-state index is 0.0618. The van der Waals surface area contributed by atoms with E-state index in [2.05, 4.69) is 50.1 Å². The summed E-state index contributed by atoms with van der Waals surface area (Å²) in [6, 6.07) is 8.50. The van der Waals surface area contributed by atoms with Crippen molar-refractivity contribution in [3.8, 4) is 11.1 Å². The van der Waals surface area contributed by atoms with E-state index < -0.39 is 0 Å². The van der Waals surface area contributed by atoms with E-state index in [1.54, 1.807) is 0 Å². The quantitative estimate of drug-likeness (QED) is 0.899. The van der Waals surface area contributed by atoms with Crippen molar-refractivity contribution in [2.75, 3.05) is 0 Å². The van der Waals surface area contributed by atoms with Crippen LogP contribution in [0, 0.1) is 13.8 Å². The van der Waals surface area contributed by atoms with Crippen LogP contribution in [-0.2, 0) is 6.54 Å². The van der Waals surface area contributed by atoms with Gasteiger partial charge in [-0.1, -0.05) is 18.2 Å². The maximum atomic E-state index is 5.95. The molecule has 2 rings (SSSR count). The lowest BCUT2D eigenvalue weighted by Gasteiger charge is -2.09. The molecule has 0 radical (unpaired) electrons. The van der Waals surface area contributed by atoms with Crippen LogP contribution in [-0.4, -0.2) is 9.78 Å². The fourth-order valence-corrected chi connectivity index (χ4v) is 2.40. The fourth-order valence-electron chi connectivity index (χ4n) is 2.40. The van der Waals surface area contributed by atoms with Crippen LogP contribution in [0.2, 0.25) is 0 Å². The Hall–Kier alpha value is -1.61. The van der Waals surface area contributed by atoms with Crippen molar-refractivity contribution in [3.05, 3.63) is 41.2 Å². The molecule has 2 N–H and O–H groups in total. The van der Waals surface area contributed by atoms with Crippen LogP contribution >= 0.6 is 0 Å². The highest BCUT2D eigenvalue weighted by Gasteiger charge is 2.13. The second kappa shape index (κ2) is 4.94. The lowest BCUT2D eigenvalue weighted by molar-refractivity contribution is 0.634. The largest absolute Gasteiger partial charge is 0.324 e. The Balaban J connectivity index is 2.55. The third-order valence-electron chi connectivity index (χ3n) is 3.38. The predicted octanol–water partition coefficient (Wildman–Crippen LogP) is 3.21.